The van der Waals surface area contributed by atoms with Crippen molar-refractivity contribution in [1.82, 2.24) is 4.90 Å². The lowest BCUT2D eigenvalue weighted by Crippen LogP contribution is -2.33. The van der Waals surface area contributed by atoms with Gasteiger partial charge in [-0.2, -0.15) is 0 Å². The number of aliphatic hydroxyl groups is 1. The molecule has 1 heterocycles. The summed E-state index contributed by atoms with van der Waals surface area (Å²) in [5.41, 5.74) is 1.16. The average Bonchev–Trinajstić information content (AvgIpc) is 2.97. The van der Waals surface area contributed by atoms with Gasteiger partial charge in [0.25, 0.3) is 0 Å². The van der Waals surface area contributed by atoms with Gasteiger partial charge in [-0.25, -0.2) is 8.78 Å². The van der Waals surface area contributed by atoms with Crippen LogP contribution in [0.1, 0.15) is 23.6 Å². The summed E-state index contributed by atoms with van der Waals surface area (Å²) >= 11 is 0. The molecule has 1 amide bonds. The number of amides is 1. The van der Waals surface area contributed by atoms with Crippen LogP contribution in [0.25, 0.3) is 0 Å². The number of halogens is 2. The van der Waals surface area contributed by atoms with Crippen LogP contribution >= 0.6 is 0 Å². The molecule has 2 aromatic rings. The molecule has 2 unspecified atom stereocenters. The molecule has 3 rings (SSSR count). The minimum Gasteiger partial charge on any atom is -0.494 e. The maximum Gasteiger partial charge on any atom is 0.227 e. The van der Waals surface area contributed by atoms with Gasteiger partial charge in [0.05, 0.1) is 25.7 Å². The molecule has 132 valence electrons. The van der Waals surface area contributed by atoms with Crippen LogP contribution in [0.4, 0.5) is 8.78 Å². The molecule has 4 nitrogen and oxygen atoms in total. The molecule has 0 bridgehead atoms. The number of β-amino-alcohol motifs (C(OH)–C–C–N with tert-alkyl or cyclic N) is 1. The second-order valence-corrected chi connectivity index (χ2v) is 6.15. The molecule has 6 heteroatoms. The number of hydrogen-bond donors (Lipinski definition) is 1. The number of hydrogen-bond acceptors (Lipinski definition) is 3. The smallest absolute Gasteiger partial charge is 0.227 e. The van der Waals surface area contributed by atoms with E-state index < -0.39 is 11.9 Å². The van der Waals surface area contributed by atoms with Gasteiger partial charge in [0.1, 0.15) is 5.82 Å². The molecule has 0 aromatic heterocycles. The predicted molar refractivity (Wildman–Crippen MR) is 88.1 cm³/mol. The van der Waals surface area contributed by atoms with E-state index in [1.54, 1.807) is 18.2 Å². The Kier molecular flexibility index (Phi) is 4.99. The second kappa shape index (κ2) is 7.19. The van der Waals surface area contributed by atoms with Crippen molar-refractivity contribution < 1.29 is 23.4 Å². The van der Waals surface area contributed by atoms with E-state index in [-0.39, 0.29) is 36.5 Å². The van der Waals surface area contributed by atoms with Crippen LogP contribution in [0, 0.1) is 11.6 Å². The molecule has 1 fully saturated rings. The van der Waals surface area contributed by atoms with Crippen LogP contribution < -0.4 is 4.74 Å². The van der Waals surface area contributed by atoms with Gasteiger partial charge in [-0.1, -0.05) is 18.2 Å². The van der Waals surface area contributed by atoms with Crippen molar-refractivity contribution in [2.75, 3.05) is 13.7 Å². The highest BCUT2D eigenvalue weighted by molar-refractivity contribution is 5.79. The minimum atomic E-state index is -0.662. The van der Waals surface area contributed by atoms with Crippen molar-refractivity contribution in [2.45, 2.75) is 25.0 Å². The van der Waals surface area contributed by atoms with E-state index in [2.05, 4.69) is 0 Å². The van der Waals surface area contributed by atoms with Gasteiger partial charge in [0.15, 0.2) is 11.6 Å². The van der Waals surface area contributed by atoms with Gasteiger partial charge in [0, 0.05) is 6.54 Å². The van der Waals surface area contributed by atoms with Crippen LogP contribution in [0.5, 0.6) is 5.75 Å². The first-order valence-electron chi connectivity index (χ1n) is 8.03. The molecule has 0 saturated carbocycles. The van der Waals surface area contributed by atoms with E-state index in [1.165, 1.54) is 36.3 Å². The zero-order valence-corrected chi connectivity index (χ0v) is 13.8. The summed E-state index contributed by atoms with van der Waals surface area (Å²) in [6, 6.07) is 10.00. The number of carbonyl (C=O) groups is 1. The van der Waals surface area contributed by atoms with Crippen LogP contribution in [0.15, 0.2) is 42.5 Å². The average molecular weight is 347 g/mol. The number of benzene rings is 2. The van der Waals surface area contributed by atoms with E-state index in [9.17, 15) is 18.7 Å². The van der Waals surface area contributed by atoms with E-state index in [4.69, 9.17) is 4.74 Å². The van der Waals surface area contributed by atoms with Crippen molar-refractivity contribution in [3.05, 3.63) is 65.2 Å². The standard InChI is InChI=1S/C19H19F2NO3/c1-25-18-6-5-12(7-16(18)21)8-19(24)22-11-15(23)10-17(22)13-3-2-4-14(20)9-13/h2-7,9,15,17,23H,8,10-11H2,1H3. The predicted octanol–water partition coefficient (Wildman–Crippen LogP) is 2.85. The highest BCUT2D eigenvalue weighted by Crippen LogP contribution is 2.33. The summed E-state index contributed by atoms with van der Waals surface area (Å²) in [4.78, 5) is 14.2. The van der Waals surface area contributed by atoms with E-state index in [0.717, 1.165) is 0 Å². The van der Waals surface area contributed by atoms with Gasteiger partial charge in [0.2, 0.25) is 5.91 Å². The monoisotopic (exact) mass is 347 g/mol. The zero-order valence-electron chi connectivity index (χ0n) is 13.8. The number of ether oxygens (including phenoxy) is 1. The summed E-state index contributed by atoms with van der Waals surface area (Å²) in [6.07, 6.45) is -0.309. The van der Waals surface area contributed by atoms with Crippen LogP contribution in [-0.2, 0) is 11.2 Å². The lowest BCUT2D eigenvalue weighted by atomic mass is 10.0. The SMILES string of the molecule is COc1ccc(CC(=O)N2CC(O)CC2c2cccc(F)c2)cc1F. The molecule has 0 spiro atoms. The molecule has 2 atom stereocenters. The Morgan fingerprint density at radius 1 is 1.28 bits per heavy atom. The Bertz CT molecular complexity index is 781. The Balaban J connectivity index is 1.79. The van der Waals surface area contributed by atoms with E-state index >= 15 is 0 Å². The largest absolute Gasteiger partial charge is 0.494 e. The van der Waals surface area contributed by atoms with E-state index in [0.29, 0.717) is 17.5 Å². The van der Waals surface area contributed by atoms with Gasteiger partial charge < -0.3 is 14.7 Å². The molecule has 1 aliphatic rings. The van der Waals surface area contributed by atoms with Crippen LogP contribution in [-0.4, -0.2) is 35.7 Å². The molecule has 0 aliphatic carbocycles. The third kappa shape index (κ3) is 3.79. The number of rotatable bonds is 4. The maximum atomic E-state index is 13.8. The summed E-state index contributed by atoms with van der Waals surface area (Å²) < 4.78 is 32.1. The van der Waals surface area contributed by atoms with Crippen LogP contribution in [0.2, 0.25) is 0 Å². The first kappa shape index (κ1) is 17.4. The Morgan fingerprint density at radius 3 is 2.76 bits per heavy atom. The quantitative estimate of drug-likeness (QED) is 0.925. The van der Waals surface area contributed by atoms with Crippen molar-refractivity contribution in [2.24, 2.45) is 0 Å². The van der Waals surface area contributed by atoms with Gasteiger partial charge in [-0.05, 0) is 41.8 Å². The number of methoxy groups -OCH3 is 1. The second-order valence-electron chi connectivity index (χ2n) is 6.15. The third-order valence-corrected chi connectivity index (χ3v) is 4.40. The van der Waals surface area contributed by atoms with Gasteiger partial charge in [-0.15, -0.1) is 0 Å². The fraction of sp³-hybridized carbons (Fsp3) is 0.316. The lowest BCUT2D eigenvalue weighted by Gasteiger charge is -2.25. The molecule has 1 N–H and O–H groups in total. The molecule has 2 aromatic carbocycles. The van der Waals surface area contributed by atoms with Crippen molar-refractivity contribution in [1.29, 1.82) is 0 Å². The Hall–Kier alpha value is -2.47. The van der Waals surface area contributed by atoms with Gasteiger partial charge >= 0.3 is 0 Å². The summed E-state index contributed by atoms with van der Waals surface area (Å²) in [5.74, 6) is -1.04. The fourth-order valence-electron chi connectivity index (χ4n) is 3.22. The van der Waals surface area contributed by atoms with Crippen LogP contribution in [0.3, 0.4) is 0 Å². The van der Waals surface area contributed by atoms with Gasteiger partial charge in [-0.3, -0.25) is 4.79 Å². The number of carbonyl (C=O) groups excluding carboxylic acids is 1. The molecule has 25 heavy (non-hydrogen) atoms. The molecular formula is C19H19F2NO3. The number of likely N-dealkylation sites (tertiary alicyclic amines) is 1. The minimum absolute atomic E-state index is 0.000546. The maximum absolute atomic E-state index is 13.8. The molecule has 0 radical (unpaired) electrons. The van der Waals surface area contributed by atoms with Crippen molar-refractivity contribution in [3.63, 3.8) is 0 Å². The fourth-order valence-corrected chi connectivity index (χ4v) is 3.22. The molecule has 1 saturated heterocycles. The Labute approximate surface area is 144 Å². The zero-order chi connectivity index (χ0) is 18.0. The Morgan fingerprint density at radius 2 is 2.08 bits per heavy atom. The summed E-state index contributed by atoms with van der Waals surface area (Å²) in [5, 5.41) is 9.96. The molecular weight excluding hydrogens is 328 g/mol. The van der Waals surface area contributed by atoms with Crippen molar-refractivity contribution in [3.8, 4) is 5.75 Å². The third-order valence-electron chi connectivity index (χ3n) is 4.40. The first-order valence-corrected chi connectivity index (χ1v) is 8.03. The lowest BCUT2D eigenvalue weighted by molar-refractivity contribution is -0.131. The van der Waals surface area contributed by atoms with Crippen molar-refractivity contribution >= 4 is 5.91 Å². The summed E-state index contributed by atoms with van der Waals surface area (Å²) in [6.45, 7) is 0.179. The van der Waals surface area contributed by atoms with E-state index in [1.807, 2.05) is 0 Å². The first-order chi connectivity index (χ1) is 12.0. The molecule has 1 aliphatic heterocycles. The highest BCUT2D eigenvalue weighted by Gasteiger charge is 2.35. The topological polar surface area (TPSA) is 49.8 Å². The number of aliphatic hydroxyl groups excluding tert-OH is 1. The summed E-state index contributed by atoms with van der Waals surface area (Å²) in [7, 11) is 1.37. The normalized spacial score (nSPS) is 19.9. The number of nitrogens with zero attached hydrogens (tertiary/aromatic N) is 1. The highest BCUT2D eigenvalue weighted by atomic mass is 19.1.